The molecule has 4 fully saturated rings. The summed E-state index contributed by atoms with van der Waals surface area (Å²) in [4.78, 5) is 28.0. The van der Waals surface area contributed by atoms with E-state index in [1.807, 2.05) is 0 Å². The van der Waals surface area contributed by atoms with E-state index in [2.05, 4.69) is 25.8 Å². The van der Waals surface area contributed by atoms with Crippen molar-refractivity contribution in [3.05, 3.63) is 6.33 Å². The SMILES string of the molecule is O=C(CSc1ncn[nH]1)NC(=O)NC12CC3CC(CC(C3)C1)C2. The molecule has 0 radical (unpaired) electrons. The molecule has 0 saturated heterocycles. The van der Waals surface area contributed by atoms with Gasteiger partial charge < -0.3 is 5.32 Å². The third-order valence-electron chi connectivity index (χ3n) is 5.40. The number of thioether (sulfide) groups is 1. The minimum absolute atomic E-state index is 0.0722. The molecule has 0 atom stereocenters. The second kappa shape index (κ2) is 5.81. The second-order valence-corrected chi connectivity index (χ2v) is 8.24. The van der Waals surface area contributed by atoms with Crippen LogP contribution in [0.3, 0.4) is 0 Å². The van der Waals surface area contributed by atoms with E-state index in [-0.39, 0.29) is 23.2 Å². The van der Waals surface area contributed by atoms with Gasteiger partial charge in [0.1, 0.15) is 6.33 Å². The molecule has 3 N–H and O–H groups in total. The summed E-state index contributed by atoms with van der Waals surface area (Å²) >= 11 is 1.23. The number of carbonyl (C=O) groups excluding carboxylic acids is 2. The van der Waals surface area contributed by atoms with Crippen molar-refractivity contribution in [3.8, 4) is 0 Å². The summed E-state index contributed by atoms with van der Waals surface area (Å²) in [5, 5.41) is 12.5. The van der Waals surface area contributed by atoms with Crippen molar-refractivity contribution in [2.45, 2.75) is 49.2 Å². The fraction of sp³-hybridized carbons (Fsp3) is 0.733. The zero-order chi connectivity index (χ0) is 15.9. The second-order valence-electron chi connectivity index (χ2n) is 7.28. The smallest absolute Gasteiger partial charge is 0.321 e. The molecule has 7 nitrogen and oxygen atoms in total. The molecule has 8 heteroatoms. The average molecular weight is 335 g/mol. The predicted molar refractivity (Wildman–Crippen MR) is 84.7 cm³/mol. The molecule has 0 unspecified atom stereocenters. The van der Waals surface area contributed by atoms with Crippen LogP contribution in [0.1, 0.15) is 38.5 Å². The summed E-state index contributed by atoms with van der Waals surface area (Å²) in [5.41, 5.74) is -0.0722. The molecule has 0 aliphatic heterocycles. The Bertz CT molecular complexity index is 568. The largest absolute Gasteiger partial charge is 0.332 e. The Hall–Kier alpha value is -1.57. The third-order valence-corrected chi connectivity index (χ3v) is 6.28. The lowest BCUT2D eigenvalue weighted by Gasteiger charge is -2.56. The Morgan fingerprint density at radius 3 is 2.43 bits per heavy atom. The molecule has 1 aromatic rings. The van der Waals surface area contributed by atoms with Crippen LogP contribution in [0.4, 0.5) is 4.79 Å². The fourth-order valence-corrected chi connectivity index (χ4v) is 5.68. The summed E-state index contributed by atoms with van der Waals surface area (Å²) < 4.78 is 0. The Balaban J connectivity index is 1.29. The monoisotopic (exact) mass is 335 g/mol. The standard InChI is InChI=1S/C15H21N5O2S/c21-12(7-23-14-16-8-17-20-14)18-13(22)19-15-4-9-1-10(5-15)3-11(2-9)6-15/h8-11H,1-7H2,(H,16,17,20)(H2,18,19,21,22). The first kappa shape index (κ1) is 15.0. The maximum atomic E-state index is 12.2. The zero-order valence-corrected chi connectivity index (χ0v) is 13.7. The highest BCUT2D eigenvalue weighted by Gasteiger charge is 2.51. The van der Waals surface area contributed by atoms with Crippen LogP contribution >= 0.6 is 11.8 Å². The van der Waals surface area contributed by atoms with E-state index in [0.29, 0.717) is 5.16 Å². The molecule has 4 aliphatic rings. The quantitative estimate of drug-likeness (QED) is 0.727. The lowest BCUT2D eigenvalue weighted by Crippen LogP contribution is -2.61. The highest BCUT2D eigenvalue weighted by atomic mass is 32.2. The van der Waals surface area contributed by atoms with Gasteiger partial charge in [0.05, 0.1) is 5.75 Å². The molecular weight excluding hydrogens is 314 g/mol. The van der Waals surface area contributed by atoms with Crippen LogP contribution in [0.5, 0.6) is 0 Å². The molecule has 0 spiro atoms. The Morgan fingerprint density at radius 1 is 1.22 bits per heavy atom. The number of nitrogens with zero attached hydrogens (tertiary/aromatic N) is 2. The van der Waals surface area contributed by atoms with E-state index in [1.54, 1.807) is 0 Å². The number of amides is 3. The molecule has 5 rings (SSSR count). The number of H-pyrrole nitrogens is 1. The van der Waals surface area contributed by atoms with Gasteiger partial charge in [0.2, 0.25) is 5.91 Å². The number of nitrogens with one attached hydrogen (secondary N) is 3. The van der Waals surface area contributed by atoms with Crippen molar-refractivity contribution in [3.63, 3.8) is 0 Å². The van der Waals surface area contributed by atoms with Crippen LogP contribution in [0.25, 0.3) is 0 Å². The normalized spacial score (nSPS) is 34.3. The molecular formula is C15H21N5O2S. The molecule has 0 aromatic carbocycles. The number of hydrogen-bond acceptors (Lipinski definition) is 5. The van der Waals surface area contributed by atoms with Crippen molar-refractivity contribution in [2.75, 3.05) is 5.75 Å². The van der Waals surface area contributed by atoms with Gasteiger partial charge in [-0.25, -0.2) is 9.78 Å². The topological polar surface area (TPSA) is 99.8 Å². The maximum Gasteiger partial charge on any atom is 0.321 e. The van der Waals surface area contributed by atoms with Crippen LogP contribution in [0.2, 0.25) is 0 Å². The molecule has 4 aliphatic carbocycles. The third kappa shape index (κ3) is 3.22. The molecule has 3 amide bonds. The number of aromatic nitrogens is 3. The van der Waals surface area contributed by atoms with Gasteiger partial charge in [0.15, 0.2) is 5.16 Å². The summed E-state index contributed by atoms with van der Waals surface area (Å²) in [6.45, 7) is 0. The first-order valence-electron chi connectivity index (χ1n) is 8.20. The van der Waals surface area contributed by atoms with E-state index >= 15 is 0 Å². The summed E-state index contributed by atoms with van der Waals surface area (Å²) in [6, 6.07) is -0.352. The minimum atomic E-state index is -0.352. The van der Waals surface area contributed by atoms with Crippen molar-refractivity contribution in [2.24, 2.45) is 17.8 Å². The summed E-state index contributed by atoms with van der Waals surface area (Å²) in [7, 11) is 0. The molecule has 1 aromatic heterocycles. The number of imide groups is 1. The van der Waals surface area contributed by atoms with Gasteiger partial charge in [0.25, 0.3) is 0 Å². The van der Waals surface area contributed by atoms with Crippen LogP contribution in [0.15, 0.2) is 11.5 Å². The lowest BCUT2D eigenvalue weighted by atomic mass is 9.53. The molecule has 23 heavy (non-hydrogen) atoms. The van der Waals surface area contributed by atoms with Gasteiger partial charge in [-0.15, -0.1) is 0 Å². The van der Waals surface area contributed by atoms with Crippen molar-refractivity contribution in [1.29, 1.82) is 0 Å². The zero-order valence-electron chi connectivity index (χ0n) is 12.9. The Kier molecular flexibility index (Phi) is 3.79. The highest BCUT2D eigenvalue weighted by Crippen LogP contribution is 2.55. The molecule has 1 heterocycles. The number of rotatable bonds is 4. The number of aromatic amines is 1. The van der Waals surface area contributed by atoms with Crippen molar-refractivity contribution in [1.82, 2.24) is 25.8 Å². The van der Waals surface area contributed by atoms with Gasteiger partial charge in [-0.2, -0.15) is 5.10 Å². The molecule has 4 saturated carbocycles. The van der Waals surface area contributed by atoms with Gasteiger partial charge in [-0.1, -0.05) is 11.8 Å². The van der Waals surface area contributed by atoms with Crippen LogP contribution in [0, 0.1) is 17.8 Å². The molecule has 124 valence electrons. The van der Waals surface area contributed by atoms with Crippen LogP contribution in [-0.4, -0.2) is 38.4 Å². The highest BCUT2D eigenvalue weighted by molar-refractivity contribution is 7.99. The summed E-state index contributed by atoms with van der Waals surface area (Å²) in [5.74, 6) is 2.12. The van der Waals surface area contributed by atoms with Gasteiger partial charge >= 0.3 is 6.03 Å². The van der Waals surface area contributed by atoms with Gasteiger partial charge in [-0.3, -0.25) is 15.2 Å². The van der Waals surface area contributed by atoms with Crippen LogP contribution < -0.4 is 10.6 Å². The first-order valence-corrected chi connectivity index (χ1v) is 9.19. The predicted octanol–water partition coefficient (Wildman–Crippen LogP) is 1.69. The summed E-state index contributed by atoms with van der Waals surface area (Å²) in [6.07, 6.45) is 8.61. The minimum Gasteiger partial charge on any atom is -0.332 e. The number of hydrogen-bond donors (Lipinski definition) is 3. The van der Waals surface area contributed by atoms with Crippen molar-refractivity contribution >= 4 is 23.7 Å². The van der Waals surface area contributed by atoms with E-state index in [0.717, 1.165) is 37.0 Å². The number of urea groups is 1. The van der Waals surface area contributed by atoms with E-state index in [1.165, 1.54) is 37.4 Å². The number of carbonyl (C=O) groups is 2. The Morgan fingerprint density at radius 2 is 1.87 bits per heavy atom. The van der Waals surface area contributed by atoms with Gasteiger partial charge in [-0.05, 0) is 56.3 Å². The molecule has 4 bridgehead atoms. The van der Waals surface area contributed by atoms with Gasteiger partial charge in [0, 0.05) is 5.54 Å². The maximum absolute atomic E-state index is 12.2. The van der Waals surface area contributed by atoms with E-state index in [4.69, 9.17) is 0 Å². The Labute approximate surface area is 138 Å². The first-order chi connectivity index (χ1) is 11.1. The van der Waals surface area contributed by atoms with Crippen molar-refractivity contribution < 1.29 is 9.59 Å². The lowest BCUT2D eigenvalue weighted by molar-refractivity contribution is -0.117. The van der Waals surface area contributed by atoms with E-state index < -0.39 is 0 Å². The van der Waals surface area contributed by atoms with Crippen LogP contribution in [-0.2, 0) is 4.79 Å². The van der Waals surface area contributed by atoms with E-state index in [9.17, 15) is 9.59 Å². The average Bonchev–Trinajstić information content (AvgIpc) is 2.96. The fourth-order valence-electron chi connectivity index (χ4n) is 5.10.